The van der Waals surface area contributed by atoms with E-state index in [0.717, 1.165) is 17.0 Å². The maximum atomic E-state index is 12.6. The van der Waals surface area contributed by atoms with E-state index in [9.17, 15) is 14.4 Å². The summed E-state index contributed by atoms with van der Waals surface area (Å²) in [5.41, 5.74) is 1.32. The zero-order valence-corrected chi connectivity index (χ0v) is 14.2. The van der Waals surface area contributed by atoms with Crippen molar-refractivity contribution < 1.29 is 14.4 Å². The molecule has 2 bridgehead atoms. The number of carbonyl (C=O) groups is 3. The van der Waals surface area contributed by atoms with Gasteiger partial charge in [-0.05, 0) is 52.9 Å². The van der Waals surface area contributed by atoms with Gasteiger partial charge in [-0.3, -0.25) is 19.3 Å². The lowest BCUT2D eigenvalue weighted by molar-refractivity contribution is -0.143. The number of nitrogens with zero attached hydrogens (tertiary/aromatic N) is 5. The quantitative estimate of drug-likeness (QED) is 0.621. The molecule has 27 heavy (non-hydrogen) atoms. The molecule has 1 saturated carbocycles. The molecule has 4 unspecified atom stereocenters. The molecule has 2 aliphatic carbocycles. The molecule has 2 heterocycles. The first-order valence-corrected chi connectivity index (χ1v) is 8.78. The summed E-state index contributed by atoms with van der Waals surface area (Å²) in [5, 5.41) is 13.7. The van der Waals surface area contributed by atoms with E-state index >= 15 is 0 Å². The second-order valence-corrected chi connectivity index (χ2v) is 7.11. The number of rotatable bonds is 4. The minimum Gasteiger partial charge on any atom is -0.325 e. The lowest BCUT2D eigenvalue weighted by Crippen LogP contribution is -2.39. The number of hydrogen-bond acceptors (Lipinski definition) is 6. The van der Waals surface area contributed by atoms with Gasteiger partial charge in [0.05, 0.1) is 17.5 Å². The largest absolute Gasteiger partial charge is 0.325 e. The SMILES string of the molecule is O=C(CN1C(=O)C2C3C=CC(C3)C2C1=O)Nc1ccc(-n2cnnn2)cc1. The average molecular weight is 364 g/mol. The predicted octanol–water partition coefficient (Wildman–Crippen LogP) is 0.408. The van der Waals surface area contributed by atoms with Gasteiger partial charge >= 0.3 is 0 Å². The summed E-state index contributed by atoms with van der Waals surface area (Å²) in [7, 11) is 0. The van der Waals surface area contributed by atoms with Crippen molar-refractivity contribution in [2.75, 3.05) is 11.9 Å². The zero-order valence-electron chi connectivity index (χ0n) is 14.2. The molecular weight excluding hydrogens is 348 g/mol. The Balaban J connectivity index is 1.25. The van der Waals surface area contributed by atoms with Crippen molar-refractivity contribution in [2.45, 2.75) is 6.42 Å². The molecule has 2 aromatic rings. The fraction of sp³-hybridized carbons (Fsp3) is 0.333. The molecule has 4 atom stereocenters. The number of nitrogens with one attached hydrogen (secondary N) is 1. The van der Waals surface area contributed by atoms with Crippen LogP contribution in [-0.4, -0.2) is 49.4 Å². The molecule has 0 radical (unpaired) electrons. The van der Waals surface area contributed by atoms with Crippen molar-refractivity contribution in [3.05, 3.63) is 42.7 Å². The highest BCUT2D eigenvalue weighted by molar-refractivity contribution is 6.09. The van der Waals surface area contributed by atoms with Gasteiger partial charge < -0.3 is 5.32 Å². The van der Waals surface area contributed by atoms with Crippen molar-refractivity contribution >= 4 is 23.4 Å². The normalized spacial score (nSPS) is 28.1. The Morgan fingerprint density at radius 3 is 2.33 bits per heavy atom. The first kappa shape index (κ1) is 15.9. The number of aromatic nitrogens is 4. The number of tetrazole rings is 1. The highest BCUT2D eigenvalue weighted by Gasteiger charge is 2.59. The standard InChI is InChI=1S/C18H16N6O3/c25-14(20-12-3-5-13(6-4-12)24-9-19-21-22-24)8-23-17(26)15-10-1-2-11(7-10)16(15)18(23)27/h1-6,9-11,15-16H,7-8H2,(H,20,25). The molecule has 9 heteroatoms. The van der Waals surface area contributed by atoms with Crippen molar-refractivity contribution in [2.24, 2.45) is 23.7 Å². The fourth-order valence-electron chi connectivity index (χ4n) is 4.44. The number of imide groups is 1. The van der Waals surface area contributed by atoms with Crippen LogP contribution in [0.15, 0.2) is 42.7 Å². The van der Waals surface area contributed by atoms with Crippen LogP contribution in [0.3, 0.4) is 0 Å². The van der Waals surface area contributed by atoms with Gasteiger partial charge in [-0.2, -0.15) is 0 Å². The Hall–Kier alpha value is -3.36. The van der Waals surface area contributed by atoms with Gasteiger partial charge in [0.25, 0.3) is 0 Å². The summed E-state index contributed by atoms with van der Waals surface area (Å²) >= 11 is 0. The number of carbonyl (C=O) groups excluding carboxylic acids is 3. The summed E-state index contributed by atoms with van der Waals surface area (Å²) in [4.78, 5) is 38.7. The Bertz CT molecular complexity index is 922. The molecule has 1 aliphatic heterocycles. The number of benzene rings is 1. The topological polar surface area (TPSA) is 110 Å². The monoisotopic (exact) mass is 364 g/mol. The third-order valence-corrected chi connectivity index (χ3v) is 5.63. The van der Waals surface area contributed by atoms with E-state index < -0.39 is 5.91 Å². The van der Waals surface area contributed by atoms with Crippen LogP contribution in [0, 0.1) is 23.7 Å². The minimum atomic E-state index is -0.396. The first-order valence-electron chi connectivity index (χ1n) is 8.78. The van der Waals surface area contributed by atoms with Crippen LogP contribution in [0.25, 0.3) is 5.69 Å². The van der Waals surface area contributed by atoms with Crippen LogP contribution in [-0.2, 0) is 14.4 Å². The number of hydrogen-bond donors (Lipinski definition) is 1. The number of fused-ring (bicyclic) bond motifs is 5. The molecule has 2 fully saturated rings. The zero-order chi connectivity index (χ0) is 18.5. The van der Waals surface area contributed by atoms with Crippen molar-refractivity contribution in [1.29, 1.82) is 0 Å². The molecule has 1 aromatic carbocycles. The molecule has 3 aliphatic rings. The van der Waals surface area contributed by atoms with Gasteiger partial charge in [-0.1, -0.05) is 12.2 Å². The third kappa shape index (κ3) is 2.46. The van der Waals surface area contributed by atoms with Crippen molar-refractivity contribution in [3.8, 4) is 5.69 Å². The minimum absolute atomic E-state index is 0.142. The average Bonchev–Trinajstić information content (AvgIpc) is 3.44. The van der Waals surface area contributed by atoms with E-state index in [2.05, 4.69) is 20.8 Å². The van der Waals surface area contributed by atoms with Crippen molar-refractivity contribution in [3.63, 3.8) is 0 Å². The van der Waals surface area contributed by atoms with E-state index in [1.54, 1.807) is 24.3 Å². The number of anilines is 1. The summed E-state index contributed by atoms with van der Waals surface area (Å²) in [6, 6.07) is 6.93. The van der Waals surface area contributed by atoms with E-state index in [-0.39, 0.29) is 42.0 Å². The molecule has 9 nitrogen and oxygen atoms in total. The van der Waals surface area contributed by atoms with Crippen LogP contribution in [0.5, 0.6) is 0 Å². The Kier molecular flexibility index (Phi) is 3.43. The summed E-state index contributed by atoms with van der Waals surface area (Å²) in [6.45, 7) is -0.251. The third-order valence-electron chi connectivity index (χ3n) is 5.63. The van der Waals surface area contributed by atoms with E-state index in [1.165, 1.54) is 11.0 Å². The molecular formula is C18H16N6O3. The van der Waals surface area contributed by atoms with Crippen LogP contribution in [0.1, 0.15) is 6.42 Å². The molecule has 0 spiro atoms. The number of allylic oxidation sites excluding steroid dienone is 2. The Morgan fingerprint density at radius 2 is 1.74 bits per heavy atom. The van der Waals surface area contributed by atoms with Gasteiger partial charge in [0.1, 0.15) is 12.9 Å². The maximum absolute atomic E-state index is 12.6. The number of likely N-dealkylation sites (tertiary alicyclic amines) is 1. The van der Waals surface area contributed by atoms with E-state index in [1.807, 2.05) is 12.2 Å². The van der Waals surface area contributed by atoms with Crippen LogP contribution in [0.4, 0.5) is 5.69 Å². The molecule has 1 saturated heterocycles. The molecule has 1 N–H and O–H groups in total. The second kappa shape index (κ2) is 5.83. The van der Waals surface area contributed by atoms with Crippen LogP contribution < -0.4 is 5.32 Å². The summed E-state index contributed by atoms with van der Waals surface area (Å²) < 4.78 is 1.49. The van der Waals surface area contributed by atoms with E-state index in [4.69, 9.17) is 0 Å². The van der Waals surface area contributed by atoms with Crippen molar-refractivity contribution in [1.82, 2.24) is 25.1 Å². The first-order chi connectivity index (χ1) is 13.1. The molecule has 1 aromatic heterocycles. The van der Waals surface area contributed by atoms with Crippen LogP contribution >= 0.6 is 0 Å². The number of amides is 3. The predicted molar refractivity (Wildman–Crippen MR) is 92.2 cm³/mol. The van der Waals surface area contributed by atoms with Gasteiger partial charge in [0.15, 0.2) is 0 Å². The Labute approximate surface area is 154 Å². The molecule has 3 amide bonds. The van der Waals surface area contributed by atoms with Gasteiger partial charge in [-0.25, -0.2) is 4.68 Å². The highest BCUT2D eigenvalue weighted by Crippen LogP contribution is 2.52. The van der Waals surface area contributed by atoms with Gasteiger partial charge in [0.2, 0.25) is 17.7 Å². The van der Waals surface area contributed by atoms with E-state index in [0.29, 0.717) is 5.69 Å². The second-order valence-electron chi connectivity index (χ2n) is 7.11. The fourth-order valence-corrected chi connectivity index (χ4v) is 4.44. The summed E-state index contributed by atoms with van der Waals surface area (Å²) in [5.74, 6) is -1.11. The van der Waals surface area contributed by atoms with Gasteiger partial charge in [-0.15, -0.1) is 5.10 Å². The Morgan fingerprint density at radius 1 is 1.07 bits per heavy atom. The molecule has 5 rings (SSSR count). The molecule has 136 valence electrons. The van der Waals surface area contributed by atoms with Crippen LogP contribution in [0.2, 0.25) is 0 Å². The highest BCUT2D eigenvalue weighted by atomic mass is 16.2. The lowest BCUT2D eigenvalue weighted by Gasteiger charge is -2.16. The summed E-state index contributed by atoms with van der Waals surface area (Å²) in [6.07, 6.45) is 6.41. The van der Waals surface area contributed by atoms with Gasteiger partial charge in [0, 0.05) is 5.69 Å². The smallest absolute Gasteiger partial charge is 0.244 e. The lowest BCUT2D eigenvalue weighted by atomic mass is 9.85. The maximum Gasteiger partial charge on any atom is 0.244 e.